The third-order valence-electron chi connectivity index (χ3n) is 5.11. The van der Waals surface area contributed by atoms with Gasteiger partial charge in [-0.3, -0.25) is 15.1 Å². The van der Waals surface area contributed by atoms with Crippen molar-refractivity contribution in [2.75, 3.05) is 0 Å². The van der Waals surface area contributed by atoms with Crippen LogP contribution in [0.5, 0.6) is 0 Å². The van der Waals surface area contributed by atoms with Crippen LogP contribution in [0.4, 0.5) is 0 Å². The van der Waals surface area contributed by atoms with Gasteiger partial charge in [0.05, 0.1) is 5.36 Å². The van der Waals surface area contributed by atoms with Crippen LogP contribution in [0, 0.1) is 6.92 Å². The van der Waals surface area contributed by atoms with Crippen molar-refractivity contribution >= 4 is 28.5 Å². The average Bonchev–Trinajstić information content (AvgIpc) is 2.78. The number of carbonyl (C=O) groups is 1. The maximum absolute atomic E-state index is 13.1. The molecule has 3 aromatic carbocycles. The summed E-state index contributed by atoms with van der Waals surface area (Å²) in [6, 6.07) is 26.1. The molecule has 0 saturated carbocycles. The smallest absolute Gasteiger partial charge is 0.276 e. The summed E-state index contributed by atoms with van der Waals surface area (Å²) in [6.45, 7) is 2.07. The van der Waals surface area contributed by atoms with Crippen LogP contribution in [0.25, 0.3) is 5.70 Å². The number of hydrazone groups is 1. The Labute approximate surface area is 178 Å². The van der Waals surface area contributed by atoms with E-state index >= 15 is 0 Å². The zero-order chi connectivity index (χ0) is 20.5. The summed E-state index contributed by atoms with van der Waals surface area (Å²) in [5.41, 5.74) is 3.94. The summed E-state index contributed by atoms with van der Waals surface area (Å²) in [4.78, 5) is 18.0. The predicted molar refractivity (Wildman–Crippen MR) is 120 cm³/mol. The fourth-order valence-electron chi connectivity index (χ4n) is 3.57. The first-order valence-corrected chi connectivity index (χ1v) is 10.8. The van der Waals surface area contributed by atoms with Gasteiger partial charge in [-0.1, -0.05) is 90.1 Å². The van der Waals surface area contributed by atoms with Crippen LogP contribution in [0.15, 0.2) is 89.0 Å². The van der Waals surface area contributed by atoms with Gasteiger partial charge >= 0.3 is 0 Å². The Bertz CT molecular complexity index is 1250. The van der Waals surface area contributed by atoms with Gasteiger partial charge in [0.2, 0.25) is 0 Å². The first-order chi connectivity index (χ1) is 14.7. The van der Waals surface area contributed by atoms with E-state index in [1.807, 2.05) is 54.6 Å². The standard InChI is InChI=1S/C24H20N4OS/c1-16-11-13-17(14-12-16)15-30-24-26-23(29)21-19-9-5-6-10-20(19)25-22(28(21)27-24)18-7-3-2-4-8-18/h2-14,22H,15H2,1H3,(H,26,27,29)/t22-/m0/s1. The molecular weight excluding hydrogens is 392 g/mol. The molecule has 1 atom stereocenters. The molecule has 30 heavy (non-hydrogen) atoms. The van der Waals surface area contributed by atoms with E-state index < -0.39 is 0 Å². The number of benzene rings is 3. The summed E-state index contributed by atoms with van der Waals surface area (Å²) in [5, 5.41) is 11.7. The molecule has 2 heterocycles. The molecule has 1 amide bonds. The molecule has 0 unspecified atom stereocenters. The highest BCUT2D eigenvalue weighted by atomic mass is 32.2. The van der Waals surface area contributed by atoms with Crippen LogP contribution in [0.2, 0.25) is 0 Å². The van der Waals surface area contributed by atoms with Crippen molar-refractivity contribution < 1.29 is 4.79 Å². The highest BCUT2D eigenvalue weighted by Gasteiger charge is 2.34. The average molecular weight is 413 g/mol. The molecule has 3 aromatic rings. The molecular formula is C24H20N4OS. The van der Waals surface area contributed by atoms with Crippen LogP contribution in [-0.2, 0) is 10.5 Å². The zero-order valence-corrected chi connectivity index (χ0v) is 17.3. The fourth-order valence-corrected chi connectivity index (χ4v) is 4.38. The molecule has 1 N–H and O–H groups in total. The second-order valence-electron chi connectivity index (χ2n) is 7.26. The highest BCUT2D eigenvalue weighted by Crippen LogP contribution is 2.30. The molecule has 0 bridgehead atoms. The minimum absolute atomic E-state index is 0.153. The van der Waals surface area contributed by atoms with Crippen molar-refractivity contribution in [2.24, 2.45) is 10.1 Å². The van der Waals surface area contributed by atoms with E-state index in [4.69, 9.17) is 10.1 Å². The Morgan fingerprint density at radius 1 is 0.967 bits per heavy atom. The second kappa shape index (κ2) is 7.80. The van der Waals surface area contributed by atoms with E-state index in [2.05, 4.69) is 36.5 Å². The number of nitrogens with one attached hydrogen (secondary N) is 1. The number of para-hydroxylation sites is 1. The van der Waals surface area contributed by atoms with Crippen LogP contribution >= 0.6 is 11.8 Å². The number of fused-ring (bicyclic) bond motifs is 2. The summed E-state index contributed by atoms with van der Waals surface area (Å²) < 4.78 is 0. The minimum Gasteiger partial charge on any atom is -0.298 e. The van der Waals surface area contributed by atoms with Gasteiger partial charge < -0.3 is 0 Å². The number of thioether (sulfide) groups is 1. The summed E-state index contributed by atoms with van der Waals surface area (Å²) in [5.74, 6) is 0.575. The number of carbonyl (C=O) groups excluding carboxylic acids is 1. The second-order valence-corrected chi connectivity index (χ2v) is 8.22. The lowest BCUT2D eigenvalue weighted by atomic mass is 10.1. The van der Waals surface area contributed by atoms with Gasteiger partial charge in [-0.05, 0) is 24.1 Å². The third kappa shape index (κ3) is 3.50. The molecule has 0 aliphatic carbocycles. The SMILES string of the molecule is Cc1ccc(CSC2=NN3C(=c4ccccc4=N[C@@H]3c3ccccc3)C(=O)N2)cc1. The molecule has 5 rings (SSSR count). The Balaban J connectivity index is 1.54. The largest absolute Gasteiger partial charge is 0.298 e. The van der Waals surface area contributed by atoms with E-state index in [0.717, 1.165) is 21.9 Å². The Kier molecular flexibility index (Phi) is 4.85. The van der Waals surface area contributed by atoms with Crippen molar-refractivity contribution in [1.82, 2.24) is 10.3 Å². The Morgan fingerprint density at radius 2 is 1.70 bits per heavy atom. The summed E-state index contributed by atoms with van der Waals surface area (Å²) >= 11 is 1.52. The maximum Gasteiger partial charge on any atom is 0.276 e. The molecule has 0 aromatic heterocycles. The number of amidine groups is 1. The monoisotopic (exact) mass is 412 g/mol. The first kappa shape index (κ1) is 18.6. The zero-order valence-electron chi connectivity index (χ0n) is 16.4. The van der Waals surface area contributed by atoms with Crippen molar-refractivity contribution in [2.45, 2.75) is 18.8 Å². The van der Waals surface area contributed by atoms with E-state index in [-0.39, 0.29) is 12.1 Å². The topological polar surface area (TPSA) is 57.1 Å². The van der Waals surface area contributed by atoms with Gasteiger partial charge in [-0.25, -0.2) is 5.01 Å². The molecule has 0 radical (unpaired) electrons. The van der Waals surface area contributed by atoms with Crippen LogP contribution in [0.3, 0.4) is 0 Å². The lowest BCUT2D eigenvalue weighted by Gasteiger charge is -2.34. The predicted octanol–water partition coefficient (Wildman–Crippen LogP) is 3.07. The molecule has 148 valence electrons. The van der Waals surface area contributed by atoms with Gasteiger partial charge in [-0.15, -0.1) is 5.10 Å². The van der Waals surface area contributed by atoms with Crippen molar-refractivity contribution in [3.8, 4) is 0 Å². The van der Waals surface area contributed by atoms with Crippen molar-refractivity contribution in [3.63, 3.8) is 0 Å². The Morgan fingerprint density at radius 3 is 2.50 bits per heavy atom. The van der Waals surface area contributed by atoms with E-state index in [0.29, 0.717) is 10.9 Å². The van der Waals surface area contributed by atoms with Crippen molar-refractivity contribution in [1.29, 1.82) is 0 Å². The summed E-state index contributed by atoms with van der Waals surface area (Å²) in [7, 11) is 0. The Hall–Kier alpha value is -3.38. The van der Waals surface area contributed by atoms with E-state index in [1.54, 1.807) is 5.01 Å². The van der Waals surface area contributed by atoms with Crippen LogP contribution in [0.1, 0.15) is 22.9 Å². The van der Waals surface area contributed by atoms with E-state index in [1.165, 1.54) is 22.9 Å². The first-order valence-electron chi connectivity index (χ1n) is 9.79. The molecule has 0 saturated heterocycles. The van der Waals surface area contributed by atoms with Crippen LogP contribution < -0.4 is 15.9 Å². The number of rotatable bonds is 3. The lowest BCUT2D eigenvalue weighted by Crippen LogP contribution is -2.50. The highest BCUT2D eigenvalue weighted by molar-refractivity contribution is 8.13. The van der Waals surface area contributed by atoms with E-state index in [9.17, 15) is 4.79 Å². The fraction of sp³-hybridized carbons (Fsp3) is 0.125. The van der Waals surface area contributed by atoms with Crippen LogP contribution in [-0.4, -0.2) is 16.1 Å². The van der Waals surface area contributed by atoms with Gasteiger partial charge in [0.15, 0.2) is 11.3 Å². The number of hydrogen-bond donors (Lipinski definition) is 1. The van der Waals surface area contributed by atoms with Gasteiger partial charge in [0.25, 0.3) is 5.91 Å². The number of nitrogens with zero attached hydrogens (tertiary/aromatic N) is 3. The number of hydrogen-bond acceptors (Lipinski definition) is 5. The van der Waals surface area contributed by atoms with Gasteiger partial charge in [-0.2, -0.15) is 0 Å². The number of amides is 1. The maximum atomic E-state index is 13.1. The van der Waals surface area contributed by atoms with Crippen molar-refractivity contribution in [3.05, 3.63) is 106 Å². The van der Waals surface area contributed by atoms with Gasteiger partial charge in [0.1, 0.15) is 5.70 Å². The number of aryl methyl sites for hydroxylation is 1. The molecule has 0 spiro atoms. The van der Waals surface area contributed by atoms with Gasteiger partial charge in [0, 0.05) is 11.0 Å². The quantitative estimate of drug-likeness (QED) is 0.719. The lowest BCUT2D eigenvalue weighted by molar-refractivity contribution is -0.116. The molecule has 5 nitrogen and oxygen atoms in total. The molecule has 0 fully saturated rings. The minimum atomic E-state index is -0.378. The summed E-state index contributed by atoms with van der Waals surface area (Å²) in [6.07, 6.45) is -0.378. The third-order valence-corrected chi connectivity index (χ3v) is 6.04. The molecule has 6 heteroatoms. The molecule has 2 aliphatic rings. The molecule has 2 aliphatic heterocycles. The normalized spacial score (nSPS) is 17.4.